The molecule has 2 radical (unpaired) electrons. The third-order valence-corrected chi connectivity index (χ3v) is 1.67. The molecule has 68 valence electrons. The van der Waals surface area contributed by atoms with Crippen LogP contribution in [0, 0.1) is 21.4 Å². The van der Waals surface area contributed by atoms with E-state index in [1.807, 2.05) is 0 Å². The van der Waals surface area contributed by atoms with Gasteiger partial charge in [-0.25, -0.2) is 0 Å². The molecule has 1 aromatic carbocycles. The van der Waals surface area contributed by atoms with Crippen LogP contribution in [0.2, 0.25) is 0 Å². The van der Waals surface area contributed by atoms with Crippen molar-refractivity contribution in [3.05, 3.63) is 27.8 Å². The molecule has 0 bridgehead atoms. The molecule has 0 aromatic heterocycles. The molecule has 0 amide bonds. The van der Waals surface area contributed by atoms with E-state index >= 15 is 0 Å². The predicted molar refractivity (Wildman–Crippen MR) is 49.8 cm³/mol. The van der Waals surface area contributed by atoms with Crippen molar-refractivity contribution < 1.29 is 9.66 Å². The molecule has 1 aromatic rings. The standard InChI is InChI=1S/C8H5BN2O3/c1-14-8-3-6(9)5(4-10)2-7(8)11(12)13/h2-3H,1H3. The lowest BCUT2D eigenvalue weighted by atomic mass is 9.90. The highest BCUT2D eigenvalue weighted by Crippen LogP contribution is 2.25. The molecule has 0 saturated carbocycles. The van der Waals surface area contributed by atoms with Crippen molar-refractivity contribution >= 4 is 19.0 Å². The van der Waals surface area contributed by atoms with Crippen molar-refractivity contribution in [2.75, 3.05) is 7.11 Å². The Labute approximate surface area is 81.5 Å². The van der Waals surface area contributed by atoms with Crippen LogP contribution in [-0.4, -0.2) is 19.9 Å². The molecule has 6 heteroatoms. The van der Waals surface area contributed by atoms with Crippen molar-refractivity contribution in [1.82, 2.24) is 0 Å². The van der Waals surface area contributed by atoms with Crippen molar-refractivity contribution in [3.63, 3.8) is 0 Å². The molecule has 0 aliphatic heterocycles. The molecule has 0 saturated heterocycles. The Hall–Kier alpha value is -2.03. The van der Waals surface area contributed by atoms with Crippen molar-refractivity contribution in [3.8, 4) is 11.8 Å². The van der Waals surface area contributed by atoms with Crippen molar-refractivity contribution in [2.24, 2.45) is 0 Å². The van der Waals surface area contributed by atoms with E-state index < -0.39 is 4.92 Å². The van der Waals surface area contributed by atoms with E-state index in [0.29, 0.717) is 0 Å². The van der Waals surface area contributed by atoms with Crippen LogP contribution in [0.5, 0.6) is 5.75 Å². The van der Waals surface area contributed by atoms with E-state index in [1.54, 1.807) is 6.07 Å². The summed E-state index contributed by atoms with van der Waals surface area (Å²) in [6, 6.07) is 4.11. The summed E-state index contributed by atoms with van der Waals surface area (Å²) < 4.78 is 4.76. The molecule has 14 heavy (non-hydrogen) atoms. The quantitative estimate of drug-likeness (QED) is 0.379. The van der Waals surface area contributed by atoms with Gasteiger partial charge in [-0.05, 0) is 6.07 Å². The number of ether oxygens (including phenoxy) is 1. The molecule has 0 atom stereocenters. The van der Waals surface area contributed by atoms with Gasteiger partial charge in [0.15, 0.2) is 5.75 Å². The van der Waals surface area contributed by atoms with E-state index in [4.69, 9.17) is 17.8 Å². The van der Waals surface area contributed by atoms with E-state index in [1.165, 1.54) is 13.2 Å². The molecular weight excluding hydrogens is 183 g/mol. The Bertz CT molecular complexity index is 425. The van der Waals surface area contributed by atoms with Gasteiger partial charge in [0.05, 0.1) is 23.7 Å². The topological polar surface area (TPSA) is 76.2 Å². The van der Waals surface area contributed by atoms with Crippen LogP contribution in [-0.2, 0) is 0 Å². The number of methoxy groups -OCH3 is 1. The van der Waals surface area contributed by atoms with Crippen LogP contribution in [0.1, 0.15) is 5.56 Å². The number of nitro groups is 1. The number of nitriles is 1. The highest BCUT2D eigenvalue weighted by atomic mass is 16.6. The number of rotatable bonds is 2. The zero-order chi connectivity index (χ0) is 10.7. The largest absolute Gasteiger partial charge is 0.490 e. The van der Waals surface area contributed by atoms with Gasteiger partial charge in [0.2, 0.25) is 0 Å². The minimum atomic E-state index is -0.626. The molecule has 5 nitrogen and oxygen atoms in total. The van der Waals surface area contributed by atoms with Gasteiger partial charge < -0.3 is 4.74 Å². The summed E-state index contributed by atoms with van der Waals surface area (Å²) in [5, 5.41) is 19.1. The Morgan fingerprint density at radius 1 is 1.64 bits per heavy atom. The first kappa shape index (κ1) is 10.1. The summed E-state index contributed by atoms with van der Waals surface area (Å²) in [7, 11) is 6.75. The van der Waals surface area contributed by atoms with E-state index in [9.17, 15) is 10.1 Å². The first-order chi connectivity index (χ1) is 6.60. The fourth-order valence-electron chi connectivity index (χ4n) is 0.987. The molecule has 0 N–H and O–H groups in total. The summed E-state index contributed by atoms with van der Waals surface area (Å²) in [4.78, 5) is 9.91. The molecule has 0 aliphatic rings. The summed E-state index contributed by atoms with van der Waals surface area (Å²) in [5.74, 6) is 0.0477. The zero-order valence-electron chi connectivity index (χ0n) is 7.35. The average molecular weight is 188 g/mol. The monoisotopic (exact) mass is 188 g/mol. The number of benzene rings is 1. The third-order valence-electron chi connectivity index (χ3n) is 1.67. The molecule has 1 rings (SSSR count). The van der Waals surface area contributed by atoms with E-state index in [0.717, 1.165) is 6.07 Å². The Kier molecular flexibility index (Phi) is 2.72. The molecule has 0 heterocycles. The molecular formula is C8H5BN2O3. The molecule has 0 unspecified atom stereocenters. The van der Waals surface area contributed by atoms with Gasteiger partial charge >= 0.3 is 5.69 Å². The zero-order valence-corrected chi connectivity index (χ0v) is 7.35. The number of nitrogens with zero attached hydrogens (tertiary/aromatic N) is 2. The maximum absolute atomic E-state index is 10.5. The van der Waals surface area contributed by atoms with E-state index in [-0.39, 0.29) is 22.5 Å². The maximum Gasteiger partial charge on any atom is 0.312 e. The summed E-state index contributed by atoms with van der Waals surface area (Å²) in [6.07, 6.45) is 0. The number of hydrogen-bond donors (Lipinski definition) is 0. The van der Waals surface area contributed by atoms with Gasteiger partial charge in [-0.2, -0.15) is 5.26 Å². The van der Waals surface area contributed by atoms with Gasteiger partial charge in [0.25, 0.3) is 0 Å². The van der Waals surface area contributed by atoms with Crippen LogP contribution < -0.4 is 10.2 Å². The maximum atomic E-state index is 10.5. The second-order valence-corrected chi connectivity index (χ2v) is 2.48. The number of hydrogen-bond acceptors (Lipinski definition) is 4. The van der Waals surface area contributed by atoms with Crippen LogP contribution in [0.25, 0.3) is 0 Å². The minimum Gasteiger partial charge on any atom is -0.490 e. The SMILES string of the molecule is [B]c1cc(OC)c([N+](=O)[O-])cc1C#N. The Balaban J connectivity index is 3.42. The second kappa shape index (κ2) is 3.79. The molecule has 0 aliphatic carbocycles. The second-order valence-electron chi connectivity index (χ2n) is 2.48. The lowest BCUT2D eigenvalue weighted by Gasteiger charge is -2.03. The Morgan fingerprint density at radius 2 is 2.29 bits per heavy atom. The molecule has 0 spiro atoms. The smallest absolute Gasteiger partial charge is 0.312 e. The lowest BCUT2D eigenvalue weighted by molar-refractivity contribution is -0.385. The van der Waals surface area contributed by atoms with Crippen LogP contribution in [0.4, 0.5) is 5.69 Å². The molecule has 0 fully saturated rings. The fourth-order valence-corrected chi connectivity index (χ4v) is 0.987. The van der Waals surface area contributed by atoms with Gasteiger partial charge in [-0.15, -0.1) is 0 Å². The number of nitro benzene ring substituents is 1. The van der Waals surface area contributed by atoms with Crippen LogP contribution >= 0.6 is 0 Å². The normalized spacial score (nSPS) is 9.14. The van der Waals surface area contributed by atoms with Crippen molar-refractivity contribution in [1.29, 1.82) is 5.26 Å². The lowest BCUT2D eigenvalue weighted by Crippen LogP contribution is -2.09. The highest BCUT2D eigenvalue weighted by Gasteiger charge is 2.16. The van der Waals surface area contributed by atoms with Gasteiger partial charge in [0, 0.05) is 6.07 Å². The van der Waals surface area contributed by atoms with Gasteiger partial charge in [-0.1, -0.05) is 5.46 Å². The average Bonchev–Trinajstić information content (AvgIpc) is 2.16. The fraction of sp³-hybridized carbons (Fsp3) is 0.125. The van der Waals surface area contributed by atoms with Gasteiger partial charge in [0.1, 0.15) is 7.85 Å². The summed E-state index contributed by atoms with van der Waals surface area (Å²) in [6.45, 7) is 0. The Morgan fingerprint density at radius 3 is 2.71 bits per heavy atom. The first-order valence-corrected chi connectivity index (χ1v) is 3.62. The van der Waals surface area contributed by atoms with Crippen LogP contribution in [0.15, 0.2) is 12.1 Å². The third kappa shape index (κ3) is 1.66. The van der Waals surface area contributed by atoms with E-state index in [2.05, 4.69) is 0 Å². The summed E-state index contributed by atoms with van der Waals surface area (Å²) >= 11 is 0. The first-order valence-electron chi connectivity index (χ1n) is 3.62. The minimum absolute atomic E-state index is 0.0477. The van der Waals surface area contributed by atoms with Crippen LogP contribution in [0.3, 0.4) is 0 Å². The predicted octanol–water partition coefficient (Wildman–Crippen LogP) is 0.269. The summed E-state index contributed by atoms with van der Waals surface area (Å²) in [5.41, 5.74) is -0.0364. The highest BCUT2D eigenvalue weighted by molar-refractivity contribution is 6.34. The van der Waals surface area contributed by atoms with Crippen molar-refractivity contribution in [2.45, 2.75) is 0 Å². The van der Waals surface area contributed by atoms with Gasteiger partial charge in [-0.3, -0.25) is 10.1 Å².